The van der Waals surface area contributed by atoms with Crippen LogP contribution in [0.2, 0.25) is 0 Å². The molecule has 6 heteroatoms. The fourth-order valence-electron chi connectivity index (χ4n) is 0.888. The number of nitrogens with zero attached hydrogens (tertiary/aromatic N) is 5. The first-order valence-electron chi connectivity index (χ1n) is 4.49. The van der Waals surface area contributed by atoms with E-state index in [-0.39, 0.29) is 0 Å². The van der Waals surface area contributed by atoms with Crippen molar-refractivity contribution in [3.05, 3.63) is 34.5 Å². The van der Waals surface area contributed by atoms with Gasteiger partial charge in [0.05, 0.1) is 6.61 Å². The maximum Gasteiger partial charge on any atom is 0.316 e. The van der Waals surface area contributed by atoms with Gasteiger partial charge in [0, 0.05) is 29.4 Å². The standard InChI is InChI=1S/C9H11N5O/c1-2-15-9-11-6-8(7-12-9)4-3-5-13-14-10/h3-4,6-7H,2,5H2,1H3. The number of azide groups is 1. The maximum absolute atomic E-state index is 8.04. The van der Waals surface area contributed by atoms with Crippen LogP contribution in [0, 0.1) is 0 Å². The highest BCUT2D eigenvalue weighted by Crippen LogP contribution is 2.03. The largest absolute Gasteiger partial charge is 0.464 e. The van der Waals surface area contributed by atoms with E-state index in [2.05, 4.69) is 20.0 Å². The Labute approximate surface area is 87.3 Å². The molecular weight excluding hydrogens is 194 g/mol. The van der Waals surface area contributed by atoms with Crippen molar-refractivity contribution in [2.45, 2.75) is 6.92 Å². The number of hydrogen-bond donors (Lipinski definition) is 0. The molecule has 0 atom stereocenters. The lowest BCUT2D eigenvalue weighted by molar-refractivity contribution is 0.312. The molecule has 0 radical (unpaired) electrons. The molecule has 0 amide bonds. The number of hydrogen-bond acceptors (Lipinski definition) is 4. The highest BCUT2D eigenvalue weighted by atomic mass is 16.5. The van der Waals surface area contributed by atoms with Gasteiger partial charge in [-0.3, -0.25) is 0 Å². The monoisotopic (exact) mass is 205 g/mol. The summed E-state index contributed by atoms with van der Waals surface area (Å²) >= 11 is 0. The van der Waals surface area contributed by atoms with E-state index in [0.29, 0.717) is 19.2 Å². The molecule has 1 rings (SSSR count). The van der Waals surface area contributed by atoms with E-state index in [9.17, 15) is 0 Å². The van der Waals surface area contributed by atoms with Gasteiger partial charge < -0.3 is 4.74 Å². The van der Waals surface area contributed by atoms with E-state index in [4.69, 9.17) is 10.3 Å². The van der Waals surface area contributed by atoms with Gasteiger partial charge in [-0.1, -0.05) is 17.3 Å². The number of aromatic nitrogens is 2. The Hall–Kier alpha value is -2.07. The summed E-state index contributed by atoms with van der Waals surface area (Å²) in [5.41, 5.74) is 8.88. The Kier molecular flexibility index (Phi) is 4.69. The van der Waals surface area contributed by atoms with Crippen molar-refractivity contribution in [1.82, 2.24) is 9.97 Å². The van der Waals surface area contributed by atoms with Gasteiger partial charge in [0.2, 0.25) is 0 Å². The zero-order valence-corrected chi connectivity index (χ0v) is 8.37. The van der Waals surface area contributed by atoms with E-state index in [1.165, 1.54) is 0 Å². The second kappa shape index (κ2) is 6.39. The van der Waals surface area contributed by atoms with Crippen molar-refractivity contribution in [3.8, 4) is 6.01 Å². The van der Waals surface area contributed by atoms with Gasteiger partial charge >= 0.3 is 6.01 Å². The second-order valence-electron chi connectivity index (χ2n) is 2.55. The number of rotatable bonds is 5. The second-order valence-corrected chi connectivity index (χ2v) is 2.55. The average molecular weight is 205 g/mol. The summed E-state index contributed by atoms with van der Waals surface area (Å²) in [5, 5.41) is 3.36. The molecule has 0 spiro atoms. The first-order chi connectivity index (χ1) is 7.36. The molecule has 0 aliphatic heterocycles. The van der Waals surface area contributed by atoms with Crippen LogP contribution in [0.25, 0.3) is 16.5 Å². The highest BCUT2D eigenvalue weighted by Gasteiger charge is 1.93. The Morgan fingerprint density at radius 1 is 1.53 bits per heavy atom. The summed E-state index contributed by atoms with van der Waals surface area (Å²) in [6, 6.07) is 0.365. The zero-order valence-electron chi connectivity index (χ0n) is 8.37. The molecule has 0 aliphatic carbocycles. The van der Waals surface area contributed by atoms with Crippen LogP contribution in [0.5, 0.6) is 6.01 Å². The predicted molar refractivity (Wildman–Crippen MR) is 56.2 cm³/mol. The van der Waals surface area contributed by atoms with Crippen LogP contribution in [-0.2, 0) is 0 Å². The maximum atomic E-state index is 8.04. The Balaban J connectivity index is 2.55. The van der Waals surface area contributed by atoms with Crippen molar-refractivity contribution in [3.63, 3.8) is 0 Å². The normalized spacial score (nSPS) is 9.93. The fourth-order valence-corrected chi connectivity index (χ4v) is 0.888. The molecule has 15 heavy (non-hydrogen) atoms. The molecular formula is C9H11N5O. The summed E-state index contributed by atoms with van der Waals surface area (Å²) < 4.78 is 5.09. The van der Waals surface area contributed by atoms with E-state index in [0.717, 1.165) is 5.56 Å². The summed E-state index contributed by atoms with van der Waals surface area (Å²) in [5.74, 6) is 0. The van der Waals surface area contributed by atoms with Crippen molar-refractivity contribution in [2.75, 3.05) is 13.2 Å². The lowest BCUT2D eigenvalue weighted by Crippen LogP contribution is -1.96. The van der Waals surface area contributed by atoms with Crippen LogP contribution < -0.4 is 4.74 Å². The van der Waals surface area contributed by atoms with Gasteiger partial charge in [0.1, 0.15) is 0 Å². The van der Waals surface area contributed by atoms with Gasteiger partial charge in [0.15, 0.2) is 0 Å². The molecule has 0 saturated carbocycles. The smallest absolute Gasteiger partial charge is 0.316 e. The summed E-state index contributed by atoms with van der Waals surface area (Å²) in [7, 11) is 0. The molecule has 0 fully saturated rings. The fraction of sp³-hybridized carbons (Fsp3) is 0.333. The van der Waals surface area contributed by atoms with Crippen molar-refractivity contribution in [2.24, 2.45) is 5.11 Å². The third-order valence-corrected chi connectivity index (χ3v) is 1.48. The van der Waals surface area contributed by atoms with Crippen LogP contribution in [0.4, 0.5) is 0 Å². The molecule has 78 valence electrons. The first-order valence-corrected chi connectivity index (χ1v) is 4.49. The molecule has 0 saturated heterocycles. The average Bonchev–Trinajstić information content (AvgIpc) is 2.27. The summed E-state index contributed by atoms with van der Waals surface area (Å²) in [6.45, 7) is 2.74. The van der Waals surface area contributed by atoms with Gasteiger partial charge in [-0.25, -0.2) is 9.97 Å². The highest BCUT2D eigenvalue weighted by molar-refractivity contribution is 5.46. The number of ether oxygens (including phenoxy) is 1. The van der Waals surface area contributed by atoms with Gasteiger partial charge in [-0.15, -0.1) is 0 Å². The van der Waals surface area contributed by atoms with Crippen molar-refractivity contribution >= 4 is 6.08 Å². The molecule has 0 aliphatic rings. The van der Waals surface area contributed by atoms with Crippen LogP contribution in [0.3, 0.4) is 0 Å². The molecule has 0 aromatic carbocycles. The van der Waals surface area contributed by atoms with E-state index < -0.39 is 0 Å². The topological polar surface area (TPSA) is 83.8 Å². The molecule has 6 nitrogen and oxygen atoms in total. The van der Waals surface area contributed by atoms with Crippen molar-refractivity contribution in [1.29, 1.82) is 0 Å². The molecule has 0 unspecified atom stereocenters. The van der Waals surface area contributed by atoms with Gasteiger partial charge in [-0.05, 0) is 12.5 Å². The third-order valence-electron chi connectivity index (χ3n) is 1.48. The molecule has 1 aromatic rings. The molecule has 1 aromatic heterocycles. The minimum absolute atomic E-state index is 0.323. The Morgan fingerprint density at radius 3 is 2.87 bits per heavy atom. The van der Waals surface area contributed by atoms with Gasteiger partial charge in [0.25, 0.3) is 0 Å². The van der Waals surface area contributed by atoms with Crippen LogP contribution >= 0.6 is 0 Å². The Bertz CT molecular complexity index is 367. The zero-order chi connectivity index (χ0) is 10.9. The third kappa shape index (κ3) is 4.10. The lowest BCUT2D eigenvalue weighted by atomic mass is 10.3. The first kappa shape index (κ1) is 11.0. The van der Waals surface area contributed by atoms with E-state index in [1.54, 1.807) is 24.5 Å². The minimum Gasteiger partial charge on any atom is -0.464 e. The van der Waals surface area contributed by atoms with Crippen LogP contribution in [0.1, 0.15) is 12.5 Å². The van der Waals surface area contributed by atoms with E-state index in [1.807, 2.05) is 6.92 Å². The van der Waals surface area contributed by atoms with Gasteiger partial charge in [-0.2, -0.15) is 0 Å². The predicted octanol–water partition coefficient (Wildman–Crippen LogP) is 2.20. The Morgan fingerprint density at radius 2 is 2.27 bits per heavy atom. The summed E-state index contributed by atoms with van der Waals surface area (Å²) in [4.78, 5) is 10.6. The minimum atomic E-state index is 0.323. The molecule has 0 bridgehead atoms. The quantitative estimate of drug-likeness (QED) is 0.419. The van der Waals surface area contributed by atoms with Crippen LogP contribution in [-0.4, -0.2) is 23.1 Å². The summed E-state index contributed by atoms with van der Waals surface area (Å²) in [6.07, 6.45) is 6.80. The van der Waals surface area contributed by atoms with Crippen molar-refractivity contribution < 1.29 is 4.74 Å². The van der Waals surface area contributed by atoms with Crippen LogP contribution in [0.15, 0.2) is 23.6 Å². The van der Waals surface area contributed by atoms with E-state index >= 15 is 0 Å². The molecule has 0 N–H and O–H groups in total. The molecule has 1 heterocycles. The SMILES string of the molecule is CCOc1ncc(C=CCN=[N+]=[N-])cn1. The lowest BCUT2D eigenvalue weighted by Gasteiger charge is -1.99.